The van der Waals surface area contributed by atoms with E-state index in [1.165, 1.54) is 0 Å². The topological polar surface area (TPSA) is 80.3 Å². The minimum Gasteiger partial charge on any atom is -0.759 e. The fourth-order valence-corrected chi connectivity index (χ4v) is 0. The van der Waals surface area contributed by atoms with E-state index in [1.54, 1.807) is 0 Å². The minimum atomic E-state index is -5.17. The second kappa shape index (κ2) is 2.60. The van der Waals surface area contributed by atoms with Gasteiger partial charge < -0.3 is 9.11 Å². The predicted molar refractivity (Wildman–Crippen MR) is 11.6 cm³/mol. The van der Waals surface area contributed by atoms with E-state index in [-0.39, 0.29) is 20.0 Å². The summed E-state index contributed by atoms with van der Waals surface area (Å²) in [5.74, 6) is 0. The molecule has 37 valence electrons. The quantitative estimate of drug-likeness (QED) is 0.318. The van der Waals surface area contributed by atoms with Gasteiger partial charge in [0.15, 0.2) is 0 Å². The Hall–Kier alpha value is 0.454. The van der Waals surface area contributed by atoms with Crippen LogP contribution in [0.5, 0.6) is 0 Å². The van der Waals surface area contributed by atoms with Crippen molar-refractivity contribution in [3.63, 3.8) is 0 Å². The Labute approximate surface area is 48.5 Å². The number of hydrogen-bond donors (Lipinski definition) is 0. The Kier molecular flexibility index (Phi) is 4.19. The molecule has 0 amide bonds. The van der Waals surface area contributed by atoms with E-state index in [0.29, 0.717) is 0 Å². The fourth-order valence-electron chi connectivity index (χ4n) is 0. The van der Waals surface area contributed by atoms with Crippen LogP contribution in [0, 0.1) is 0 Å². The maximum Gasteiger partial charge on any atom is 1.00 e. The van der Waals surface area contributed by atoms with Crippen LogP contribution in [0.1, 0.15) is 1.43 Å². The second-order valence-corrected chi connectivity index (χ2v) is 1.22. The maximum absolute atomic E-state index is 8.52. The van der Waals surface area contributed by atoms with E-state index < -0.39 is 10.4 Å². The third kappa shape index (κ3) is 257. The van der Waals surface area contributed by atoms with E-state index in [0.717, 1.165) is 0 Å². The molecule has 0 unspecified atom stereocenters. The van der Waals surface area contributed by atoms with Crippen LogP contribution in [0.25, 0.3) is 0 Å². The molecule has 0 aliphatic carbocycles. The summed E-state index contributed by atoms with van der Waals surface area (Å²) in [6.45, 7) is 0. The molecule has 0 heterocycles. The molecular formula is HO4SV-. The van der Waals surface area contributed by atoms with Crippen LogP contribution >= 0.6 is 0 Å². The van der Waals surface area contributed by atoms with Gasteiger partial charge in [-0.15, -0.1) is 0 Å². The van der Waals surface area contributed by atoms with Crippen LogP contribution in [-0.4, -0.2) is 17.5 Å². The molecule has 0 aliphatic heterocycles. The van der Waals surface area contributed by atoms with Gasteiger partial charge in [-0.1, -0.05) is 0 Å². The van der Waals surface area contributed by atoms with Gasteiger partial charge >= 0.3 is 1.43 Å². The van der Waals surface area contributed by atoms with E-state index in [2.05, 4.69) is 0 Å². The molecule has 0 saturated carbocycles. The van der Waals surface area contributed by atoms with Gasteiger partial charge in [0.2, 0.25) is 0 Å². The van der Waals surface area contributed by atoms with Crippen LogP contribution in [-0.2, 0) is 29.0 Å². The Balaban J connectivity index is -0.0000000800. The molecule has 6 heteroatoms. The summed E-state index contributed by atoms with van der Waals surface area (Å²) >= 11 is 0. The van der Waals surface area contributed by atoms with Crippen LogP contribution in [0.4, 0.5) is 0 Å². The zero-order valence-electron chi connectivity index (χ0n) is 3.49. The van der Waals surface area contributed by atoms with Crippen molar-refractivity contribution >= 4 is 10.4 Å². The summed E-state index contributed by atoms with van der Waals surface area (Å²) in [6.07, 6.45) is 0. The van der Waals surface area contributed by atoms with Gasteiger partial charge in [-0.25, -0.2) is 0 Å². The number of hydrogen-bond acceptors (Lipinski definition) is 4. The summed E-state index contributed by atoms with van der Waals surface area (Å²) in [5.41, 5.74) is 0. The van der Waals surface area contributed by atoms with Gasteiger partial charge in [-0.3, -0.25) is 8.42 Å². The van der Waals surface area contributed by atoms with Crippen molar-refractivity contribution in [3.05, 3.63) is 0 Å². The smallest absolute Gasteiger partial charge is 0.759 e. The zero-order valence-corrected chi connectivity index (χ0v) is 4.70. The first-order chi connectivity index (χ1) is 2.00. The van der Waals surface area contributed by atoms with E-state index in [1.807, 2.05) is 0 Å². The summed E-state index contributed by atoms with van der Waals surface area (Å²) in [4.78, 5) is 0. The molecule has 0 bridgehead atoms. The summed E-state index contributed by atoms with van der Waals surface area (Å²) < 4.78 is 34.1. The SMILES string of the molecule is O=S(=O)([O-])[O-].[H+].[V]. The fraction of sp³-hybridized carbons (Fsp3) is 0. The van der Waals surface area contributed by atoms with Crippen LogP contribution in [0.15, 0.2) is 0 Å². The molecule has 1 radical (unpaired) electrons. The molecule has 0 aliphatic rings. The Morgan fingerprint density at radius 3 is 1.33 bits per heavy atom. The van der Waals surface area contributed by atoms with E-state index >= 15 is 0 Å². The molecule has 0 atom stereocenters. The van der Waals surface area contributed by atoms with Gasteiger partial charge in [-0.2, -0.15) is 0 Å². The third-order valence-corrected chi connectivity index (χ3v) is 0. The second-order valence-electron chi connectivity index (χ2n) is 0.408. The van der Waals surface area contributed by atoms with Crippen molar-refractivity contribution < 1.29 is 37.5 Å². The average molecular weight is 148 g/mol. The molecule has 6 heavy (non-hydrogen) atoms. The van der Waals surface area contributed by atoms with Gasteiger partial charge in [0.25, 0.3) is 0 Å². The molecule has 4 nitrogen and oxygen atoms in total. The largest absolute Gasteiger partial charge is 1.00 e. The standard InChI is InChI=1S/H2O4S.V/c1-5(2,3)4;/h(H2,1,2,3,4);/p-1. The molecule has 0 saturated heterocycles. The molecule has 0 fully saturated rings. The van der Waals surface area contributed by atoms with Crippen molar-refractivity contribution in [2.24, 2.45) is 0 Å². The van der Waals surface area contributed by atoms with Gasteiger partial charge in [0.05, 0.1) is 0 Å². The Morgan fingerprint density at radius 2 is 1.33 bits per heavy atom. The van der Waals surface area contributed by atoms with Crippen molar-refractivity contribution in [3.8, 4) is 0 Å². The molecule has 0 aromatic carbocycles. The molecule has 0 rings (SSSR count). The predicted octanol–water partition coefficient (Wildman–Crippen LogP) is -1.23. The van der Waals surface area contributed by atoms with E-state index in [4.69, 9.17) is 17.5 Å². The van der Waals surface area contributed by atoms with E-state index in [9.17, 15) is 0 Å². The summed E-state index contributed by atoms with van der Waals surface area (Å²) in [5, 5.41) is 0. The summed E-state index contributed by atoms with van der Waals surface area (Å²) in [6, 6.07) is 0. The monoisotopic (exact) mass is 148 g/mol. The van der Waals surface area contributed by atoms with Gasteiger partial charge in [-0.05, 0) is 0 Å². The number of rotatable bonds is 0. The molecule has 0 aromatic rings. The maximum atomic E-state index is 8.52. The zero-order chi connectivity index (χ0) is 4.50. The normalized spacial score (nSPS) is 9.67. The van der Waals surface area contributed by atoms with Gasteiger partial charge in [0, 0.05) is 29.0 Å². The first kappa shape index (κ1) is 9.68. The van der Waals surface area contributed by atoms with Crippen molar-refractivity contribution in [1.29, 1.82) is 0 Å². The van der Waals surface area contributed by atoms with Gasteiger partial charge in [0.1, 0.15) is 0 Å². The third-order valence-electron chi connectivity index (χ3n) is 0. The molecule has 0 aromatic heterocycles. The Morgan fingerprint density at radius 1 is 1.33 bits per heavy atom. The van der Waals surface area contributed by atoms with Crippen molar-refractivity contribution in [1.82, 2.24) is 0 Å². The average Bonchev–Trinajstić information content (AvgIpc) is 0.722. The van der Waals surface area contributed by atoms with Crippen molar-refractivity contribution in [2.75, 3.05) is 0 Å². The molecule has 0 spiro atoms. The van der Waals surface area contributed by atoms with Crippen LogP contribution in [0.2, 0.25) is 0 Å². The first-order valence-electron chi connectivity index (χ1n) is 0.667. The van der Waals surface area contributed by atoms with Crippen LogP contribution in [0.3, 0.4) is 0 Å². The van der Waals surface area contributed by atoms with Crippen molar-refractivity contribution in [2.45, 2.75) is 0 Å². The Bertz CT molecular complexity index is 94.9. The van der Waals surface area contributed by atoms with Crippen LogP contribution < -0.4 is 0 Å². The first-order valence-corrected chi connectivity index (χ1v) is 2.00. The molecular weight excluding hydrogens is 147 g/mol. The molecule has 0 N–H and O–H groups in total. The minimum absolute atomic E-state index is 0. The summed E-state index contributed by atoms with van der Waals surface area (Å²) in [7, 11) is -5.17.